The molecule has 2 aliphatic rings. The maximum absolute atomic E-state index is 12.6. The summed E-state index contributed by atoms with van der Waals surface area (Å²) in [6.45, 7) is 0. The van der Waals surface area contributed by atoms with Gasteiger partial charge in [-0.2, -0.15) is 24.9 Å². The minimum atomic E-state index is -4.36. The molecule has 2 aliphatic heterocycles. The molecule has 2 saturated heterocycles. The molecule has 7 heteroatoms. The maximum atomic E-state index is 12.6. The fraction of sp³-hybridized carbons (Fsp3) is 0.562. The van der Waals surface area contributed by atoms with Crippen molar-refractivity contribution in [3.63, 3.8) is 0 Å². The molecular formula is C16H19F3N2OS. The summed E-state index contributed by atoms with van der Waals surface area (Å²) in [6, 6.07) is 4.89. The lowest BCUT2D eigenvalue weighted by Gasteiger charge is -2.38. The number of halogens is 3. The van der Waals surface area contributed by atoms with Crippen LogP contribution >= 0.6 is 11.8 Å². The van der Waals surface area contributed by atoms with E-state index in [1.807, 2.05) is 16.7 Å². The number of amides is 2. The van der Waals surface area contributed by atoms with E-state index in [0.29, 0.717) is 10.9 Å². The molecule has 1 aromatic carbocycles. The van der Waals surface area contributed by atoms with Crippen LogP contribution in [0, 0.1) is 0 Å². The van der Waals surface area contributed by atoms with Crippen LogP contribution in [0.3, 0.4) is 0 Å². The lowest BCUT2D eigenvalue weighted by atomic mass is 10.0. The zero-order valence-corrected chi connectivity index (χ0v) is 13.6. The number of hydrogen-bond donors (Lipinski definition) is 1. The number of hydrogen-bond acceptors (Lipinski definition) is 2. The first-order chi connectivity index (χ1) is 10.9. The van der Waals surface area contributed by atoms with E-state index in [2.05, 4.69) is 11.6 Å². The van der Waals surface area contributed by atoms with Crippen molar-refractivity contribution in [2.75, 3.05) is 11.6 Å². The van der Waals surface area contributed by atoms with Gasteiger partial charge in [-0.05, 0) is 56.2 Å². The van der Waals surface area contributed by atoms with Gasteiger partial charge >= 0.3 is 12.2 Å². The van der Waals surface area contributed by atoms with E-state index in [-0.39, 0.29) is 18.1 Å². The second-order valence-electron chi connectivity index (χ2n) is 6.13. The van der Waals surface area contributed by atoms with Gasteiger partial charge in [-0.25, -0.2) is 4.79 Å². The molecule has 0 saturated carbocycles. The van der Waals surface area contributed by atoms with Gasteiger partial charge in [0.1, 0.15) is 0 Å². The van der Waals surface area contributed by atoms with Crippen LogP contribution in [-0.2, 0) is 6.18 Å². The fourth-order valence-electron chi connectivity index (χ4n) is 3.58. The van der Waals surface area contributed by atoms with E-state index in [0.717, 1.165) is 37.8 Å². The summed E-state index contributed by atoms with van der Waals surface area (Å²) in [6.07, 6.45) is 1.77. The highest BCUT2D eigenvalue weighted by molar-refractivity contribution is 7.99. The molecule has 2 fully saturated rings. The third-order valence-corrected chi connectivity index (χ3v) is 5.77. The number of nitrogens with zero attached hydrogens (tertiary/aromatic N) is 1. The fourth-order valence-corrected chi connectivity index (χ4v) is 4.41. The molecule has 0 radical (unpaired) electrons. The highest BCUT2D eigenvalue weighted by Crippen LogP contribution is 2.40. The maximum Gasteiger partial charge on any atom is 0.416 e. The zero-order valence-electron chi connectivity index (χ0n) is 12.8. The Morgan fingerprint density at radius 2 is 1.74 bits per heavy atom. The van der Waals surface area contributed by atoms with Crippen molar-refractivity contribution in [2.24, 2.45) is 0 Å². The number of rotatable bonds is 2. The molecule has 2 bridgehead atoms. The van der Waals surface area contributed by atoms with Gasteiger partial charge in [-0.15, -0.1) is 0 Å². The van der Waals surface area contributed by atoms with Crippen LogP contribution in [0.15, 0.2) is 24.3 Å². The largest absolute Gasteiger partial charge is 0.416 e. The number of piperidine rings is 1. The van der Waals surface area contributed by atoms with Gasteiger partial charge in [0, 0.05) is 23.0 Å². The molecule has 0 aliphatic carbocycles. The number of anilines is 1. The van der Waals surface area contributed by atoms with E-state index in [1.165, 1.54) is 12.1 Å². The zero-order chi connectivity index (χ0) is 16.6. The lowest BCUT2D eigenvalue weighted by Crippen LogP contribution is -2.49. The standard InChI is InChI=1S/C16H19F3N2OS/c1-23-14-8-12-6-7-13(9-14)21(12)15(22)20-11-4-2-10(3-5-11)16(17,18)19/h2-5,12-14H,6-9H2,1H3,(H,20,22)/t12-,13+,14?. The molecule has 23 heavy (non-hydrogen) atoms. The van der Waals surface area contributed by atoms with Crippen molar-refractivity contribution in [1.82, 2.24) is 4.90 Å². The van der Waals surface area contributed by atoms with Crippen LogP contribution in [0.2, 0.25) is 0 Å². The number of fused-ring (bicyclic) bond motifs is 2. The van der Waals surface area contributed by atoms with Crippen molar-refractivity contribution in [1.29, 1.82) is 0 Å². The average molecular weight is 344 g/mol. The van der Waals surface area contributed by atoms with Crippen LogP contribution in [0.4, 0.5) is 23.7 Å². The van der Waals surface area contributed by atoms with Gasteiger partial charge in [-0.1, -0.05) is 0 Å². The molecule has 3 rings (SSSR count). The SMILES string of the molecule is CSC1C[C@H]2CC[C@@H](C1)N2C(=O)Nc1ccc(C(F)(F)F)cc1. The van der Waals surface area contributed by atoms with E-state index in [4.69, 9.17) is 0 Å². The first-order valence-electron chi connectivity index (χ1n) is 7.68. The highest BCUT2D eigenvalue weighted by atomic mass is 32.2. The molecule has 0 aromatic heterocycles. The monoisotopic (exact) mass is 344 g/mol. The molecule has 2 amide bonds. The lowest BCUT2D eigenvalue weighted by molar-refractivity contribution is -0.137. The number of carbonyl (C=O) groups excluding carboxylic acids is 1. The van der Waals surface area contributed by atoms with Gasteiger partial charge in [0.05, 0.1) is 5.56 Å². The van der Waals surface area contributed by atoms with Gasteiger partial charge in [0.2, 0.25) is 0 Å². The molecule has 0 spiro atoms. The summed E-state index contributed by atoms with van der Waals surface area (Å²) in [5.74, 6) is 0. The third-order valence-electron chi connectivity index (χ3n) is 4.72. The highest BCUT2D eigenvalue weighted by Gasteiger charge is 2.43. The van der Waals surface area contributed by atoms with Crippen molar-refractivity contribution >= 4 is 23.5 Å². The smallest absolute Gasteiger partial charge is 0.318 e. The third kappa shape index (κ3) is 3.44. The number of carbonyl (C=O) groups is 1. The predicted octanol–water partition coefficient (Wildman–Crippen LogP) is 4.60. The summed E-state index contributed by atoms with van der Waals surface area (Å²) in [5, 5.41) is 3.34. The minimum Gasteiger partial charge on any atom is -0.318 e. The van der Waals surface area contributed by atoms with Crippen molar-refractivity contribution in [3.05, 3.63) is 29.8 Å². The second-order valence-corrected chi connectivity index (χ2v) is 7.26. The number of nitrogens with one attached hydrogen (secondary N) is 1. The Kier molecular flexibility index (Phi) is 4.49. The normalized spacial score (nSPS) is 27.1. The molecule has 1 N–H and O–H groups in total. The Labute approximate surface area is 137 Å². The number of alkyl halides is 3. The van der Waals surface area contributed by atoms with Crippen LogP contribution in [-0.4, -0.2) is 34.5 Å². The molecule has 1 unspecified atom stereocenters. The quantitative estimate of drug-likeness (QED) is 0.851. The van der Waals surface area contributed by atoms with E-state index in [1.54, 1.807) is 0 Å². The Morgan fingerprint density at radius 1 is 1.17 bits per heavy atom. The van der Waals surface area contributed by atoms with E-state index >= 15 is 0 Å². The molecular weight excluding hydrogens is 325 g/mol. The average Bonchev–Trinajstić information content (AvgIpc) is 2.77. The summed E-state index contributed by atoms with van der Waals surface area (Å²) in [4.78, 5) is 14.4. The summed E-state index contributed by atoms with van der Waals surface area (Å²) < 4.78 is 37.7. The van der Waals surface area contributed by atoms with Crippen LogP contribution < -0.4 is 5.32 Å². The van der Waals surface area contributed by atoms with Crippen LogP contribution in [0.1, 0.15) is 31.2 Å². The van der Waals surface area contributed by atoms with Gasteiger partial charge in [0.15, 0.2) is 0 Å². The molecule has 3 atom stereocenters. The number of benzene rings is 1. The van der Waals surface area contributed by atoms with Gasteiger partial charge < -0.3 is 10.2 Å². The summed E-state index contributed by atoms with van der Waals surface area (Å²) in [7, 11) is 0. The van der Waals surface area contributed by atoms with Crippen molar-refractivity contribution in [3.8, 4) is 0 Å². The van der Waals surface area contributed by atoms with E-state index < -0.39 is 11.7 Å². The Morgan fingerprint density at radius 3 is 2.22 bits per heavy atom. The van der Waals surface area contributed by atoms with Crippen molar-refractivity contribution in [2.45, 2.75) is 49.2 Å². The number of urea groups is 1. The first kappa shape index (κ1) is 16.5. The topological polar surface area (TPSA) is 32.3 Å². The van der Waals surface area contributed by atoms with Crippen molar-refractivity contribution < 1.29 is 18.0 Å². The Hall–Kier alpha value is -1.37. The molecule has 126 valence electrons. The second kappa shape index (κ2) is 6.26. The predicted molar refractivity (Wildman–Crippen MR) is 85.6 cm³/mol. The molecule has 2 heterocycles. The molecule has 3 nitrogen and oxygen atoms in total. The first-order valence-corrected chi connectivity index (χ1v) is 8.96. The summed E-state index contributed by atoms with van der Waals surface area (Å²) >= 11 is 1.85. The Bertz CT molecular complexity index is 562. The number of thioether (sulfide) groups is 1. The van der Waals surface area contributed by atoms with Gasteiger partial charge in [0.25, 0.3) is 0 Å². The molecule has 1 aromatic rings. The van der Waals surface area contributed by atoms with Crippen LogP contribution in [0.5, 0.6) is 0 Å². The van der Waals surface area contributed by atoms with Crippen LogP contribution in [0.25, 0.3) is 0 Å². The Balaban J connectivity index is 1.66. The minimum absolute atomic E-state index is 0.197. The van der Waals surface area contributed by atoms with Gasteiger partial charge in [-0.3, -0.25) is 0 Å². The summed E-state index contributed by atoms with van der Waals surface area (Å²) in [5.41, 5.74) is -0.314. The van der Waals surface area contributed by atoms with E-state index in [9.17, 15) is 18.0 Å².